The van der Waals surface area contributed by atoms with Crippen molar-refractivity contribution in [3.05, 3.63) is 58.1 Å². The first-order valence-corrected chi connectivity index (χ1v) is 14.2. The van der Waals surface area contributed by atoms with E-state index < -0.39 is 28.5 Å². The summed E-state index contributed by atoms with van der Waals surface area (Å²) in [6, 6.07) is 10.3. The molecule has 0 spiro atoms. The predicted molar refractivity (Wildman–Crippen MR) is 144 cm³/mol. The quantitative estimate of drug-likeness (QED) is 0.414. The number of rotatable bonds is 12. The Kier molecular flexibility index (Phi) is 10.9. The Morgan fingerprint density at radius 3 is 2.11 bits per heavy atom. The Balaban J connectivity index is 2.42. The van der Waals surface area contributed by atoms with Gasteiger partial charge in [-0.25, -0.2) is 8.42 Å². The third-order valence-electron chi connectivity index (χ3n) is 5.67. The summed E-state index contributed by atoms with van der Waals surface area (Å²) < 4.78 is 31.7. The number of ether oxygens (including phenoxy) is 1. The minimum absolute atomic E-state index is 0.0761. The molecule has 36 heavy (non-hydrogen) atoms. The lowest BCUT2D eigenvalue weighted by Gasteiger charge is -2.32. The van der Waals surface area contributed by atoms with Gasteiger partial charge in [-0.15, -0.1) is 0 Å². The van der Waals surface area contributed by atoms with Crippen molar-refractivity contribution in [2.45, 2.75) is 52.7 Å². The van der Waals surface area contributed by atoms with Crippen molar-refractivity contribution >= 4 is 50.7 Å². The van der Waals surface area contributed by atoms with E-state index in [1.165, 1.54) is 4.90 Å². The molecule has 1 N–H and O–H groups in total. The smallest absolute Gasteiger partial charge is 0.244 e. The summed E-state index contributed by atoms with van der Waals surface area (Å²) in [5, 5.41) is 3.54. The van der Waals surface area contributed by atoms with Gasteiger partial charge in [0.15, 0.2) is 0 Å². The lowest BCUT2D eigenvalue weighted by atomic mass is 10.1. The molecule has 0 heterocycles. The fourth-order valence-electron chi connectivity index (χ4n) is 3.39. The van der Waals surface area contributed by atoms with Gasteiger partial charge in [-0.2, -0.15) is 0 Å². The van der Waals surface area contributed by atoms with Gasteiger partial charge in [0.25, 0.3) is 0 Å². The molecule has 2 rings (SSSR count). The lowest BCUT2D eigenvalue weighted by molar-refractivity contribution is -0.139. The summed E-state index contributed by atoms with van der Waals surface area (Å²) in [4.78, 5) is 27.8. The number of sulfonamides is 1. The number of amides is 2. The molecule has 0 aliphatic rings. The van der Waals surface area contributed by atoms with Crippen LogP contribution in [0.2, 0.25) is 10.0 Å². The fraction of sp³-hybridized carbons (Fsp3) is 0.440. The van der Waals surface area contributed by atoms with Crippen molar-refractivity contribution in [3.8, 4) is 5.75 Å². The molecular formula is C25H33Cl2N3O5S. The van der Waals surface area contributed by atoms with E-state index in [1.54, 1.807) is 49.4 Å². The molecule has 0 radical (unpaired) electrons. The van der Waals surface area contributed by atoms with Crippen LogP contribution >= 0.6 is 23.2 Å². The second-order valence-electron chi connectivity index (χ2n) is 8.41. The monoisotopic (exact) mass is 557 g/mol. The van der Waals surface area contributed by atoms with Crippen LogP contribution in [0.25, 0.3) is 0 Å². The fourth-order valence-corrected chi connectivity index (χ4v) is 4.76. The summed E-state index contributed by atoms with van der Waals surface area (Å²) in [6.07, 6.45) is 1.73. The highest BCUT2D eigenvalue weighted by Gasteiger charge is 2.31. The number of hydrogen-bond acceptors (Lipinski definition) is 5. The van der Waals surface area contributed by atoms with Crippen LogP contribution < -0.4 is 14.4 Å². The number of hydrogen-bond donors (Lipinski definition) is 1. The number of carbonyl (C=O) groups is 2. The van der Waals surface area contributed by atoms with Gasteiger partial charge in [-0.1, -0.05) is 36.2 Å². The maximum atomic E-state index is 13.6. The Morgan fingerprint density at radius 1 is 1.03 bits per heavy atom. The second kappa shape index (κ2) is 13.2. The van der Waals surface area contributed by atoms with Gasteiger partial charge in [0.2, 0.25) is 21.8 Å². The van der Waals surface area contributed by atoms with Crippen molar-refractivity contribution in [1.82, 2.24) is 10.2 Å². The molecule has 2 amide bonds. The number of nitrogens with one attached hydrogen (secondary N) is 1. The summed E-state index contributed by atoms with van der Waals surface area (Å²) in [7, 11) is -3.84. The highest BCUT2D eigenvalue weighted by atomic mass is 35.5. The molecule has 0 aliphatic carbocycles. The third-order valence-corrected chi connectivity index (χ3v) is 7.52. The summed E-state index contributed by atoms with van der Waals surface area (Å²) in [5.41, 5.74) is 0.756. The van der Waals surface area contributed by atoms with Crippen LogP contribution in [0.1, 0.15) is 39.7 Å². The first kappa shape index (κ1) is 29.7. The van der Waals surface area contributed by atoms with E-state index in [9.17, 15) is 18.0 Å². The van der Waals surface area contributed by atoms with Crippen molar-refractivity contribution in [2.75, 3.05) is 23.7 Å². The molecule has 2 atom stereocenters. The molecule has 0 saturated heterocycles. The van der Waals surface area contributed by atoms with Crippen LogP contribution in [0.3, 0.4) is 0 Å². The van der Waals surface area contributed by atoms with Gasteiger partial charge in [-0.05, 0) is 63.6 Å². The molecule has 0 aromatic heterocycles. The van der Waals surface area contributed by atoms with Gasteiger partial charge in [0, 0.05) is 28.2 Å². The Labute approximate surface area is 223 Å². The Morgan fingerprint density at radius 2 is 1.61 bits per heavy atom. The maximum Gasteiger partial charge on any atom is 0.244 e. The molecule has 2 aromatic carbocycles. The minimum atomic E-state index is -3.84. The van der Waals surface area contributed by atoms with Crippen molar-refractivity contribution < 1.29 is 22.7 Å². The molecule has 0 bridgehead atoms. The van der Waals surface area contributed by atoms with E-state index >= 15 is 0 Å². The molecule has 0 fully saturated rings. The van der Waals surface area contributed by atoms with Gasteiger partial charge in [-0.3, -0.25) is 13.9 Å². The van der Waals surface area contributed by atoms with Crippen LogP contribution in [0.4, 0.5) is 5.69 Å². The average Bonchev–Trinajstić information content (AvgIpc) is 2.82. The minimum Gasteiger partial charge on any atom is -0.494 e. The van der Waals surface area contributed by atoms with Crippen LogP contribution in [0, 0.1) is 0 Å². The van der Waals surface area contributed by atoms with Gasteiger partial charge in [0.05, 0.1) is 18.6 Å². The number of nitrogens with zero attached hydrogens (tertiary/aromatic N) is 2. The maximum absolute atomic E-state index is 13.6. The number of carbonyl (C=O) groups excluding carboxylic acids is 2. The van der Waals surface area contributed by atoms with Crippen molar-refractivity contribution in [3.63, 3.8) is 0 Å². The highest BCUT2D eigenvalue weighted by Crippen LogP contribution is 2.27. The van der Waals surface area contributed by atoms with Crippen LogP contribution in [0.15, 0.2) is 42.5 Å². The van der Waals surface area contributed by atoms with Crippen LogP contribution in [-0.2, 0) is 26.2 Å². The van der Waals surface area contributed by atoms with E-state index in [-0.39, 0.29) is 18.5 Å². The lowest BCUT2D eigenvalue weighted by Crippen LogP contribution is -2.52. The average molecular weight is 559 g/mol. The molecule has 0 saturated carbocycles. The van der Waals surface area contributed by atoms with Gasteiger partial charge >= 0.3 is 0 Å². The molecule has 2 aromatic rings. The topological polar surface area (TPSA) is 96.0 Å². The van der Waals surface area contributed by atoms with Gasteiger partial charge in [0.1, 0.15) is 18.3 Å². The van der Waals surface area contributed by atoms with Gasteiger partial charge < -0.3 is 15.0 Å². The summed E-state index contributed by atoms with van der Waals surface area (Å²) in [5.74, 6) is -0.378. The zero-order chi connectivity index (χ0) is 27.0. The second-order valence-corrected chi connectivity index (χ2v) is 11.1. The van der Waals surface area contributed by atoms with Crippen molar-refractivity contribution in [2.24, 2.45) is 0 Å². The first-order valence-electron chi connectivity index (χ1n) is 11.6. The SMILES string of the molecule is CCOc1ccc(N(CC(=O)N(Cc2c(Cl)cccc2Cl)[C@@H](C)C(=O)N[C@H](C)CC)S(C)(=O)=O)cc1. The van der Waals surface area contributed by atoms with E-state index in [2.05, 4.69) is 5.32 Å². The largest absolute Gasteiger partial charge is 0.494 e. The number of benzene rings is 2. The van der Waals surface area contributed by atoms with E-state index in [4.69, 9.17) is 27.9 Å². The third kappa shape index (κ3) is 8.01. The molecule has 198 valence electrons. The first-order chi connectivity index (χ1) is 16.9. The zero-order valence-corrected chi connectivity index (χ0v) is 23.5. The molecule has 0 aliphatic heterocycles. The standard InChI is InChI=1S/C25H33Cl2N3O5S/c1-6-17(3)28-25(32)18(4)29(15-21-22(26)9-8-10-23(21)27)24(31)16-30(36(5,33)34)19-11-13-20(14-12-19)35-7-2/h8-14,17-18H,6-7,15-16H2,1-5H3,(H,28,32)/t17-,18+/m1/s1. The van der Waals surface area contributed by atoms with Crippen molar-refractivity contribution in [1.29, 1.82) is 0 Å². The number of halogens is 2. The summed E-state index contributed by atoms with van der Waals surface area (Å²) >= 11 is 12.7. The van der Waals surface area contributed by atoms with Crippen LogP contribution in [-0.4, -0.2) is 56.6 Å². The predicted octanol–water partition coefficient (Wildman–Crippen LogP) is 4.49. The normalized spacial score (nSPS) is 13.0. The van der Waals surface area contributed by atoms with E-state index in [0.29, 0.717) is 40.1 Å². The highest BCUT2D eigenvalue weighted by molar-refractivity contribution is 7.92. The molecular weight excluding hydrogens is 525 g/mol. The Bertz CT molecular complexity index is 1140. The van der Waals surface area contributed by atoms with Crippen LogP contribution in [0.5, 0.6) is 5.75 Å². The zero-order valence-electron chi connectivity index (χ0n) is 21.1. The van der Waals surface area contributed by atoms with E-state index in [0.717, 1.165) is 10.6 Å². The number of anilines is 1. The molecule has 11 heteroatoms. The molecule has 0 unspecified atom stereocenters. The molecule has 8 nitrogen and oxygen atoms in total. The van der Waals surface area contributed by atoms with E-state index in [1.807, 2.05) is 20.8 Å². The summed E-state index contributed by atoms with van der Waals surface area (Å²) in [6.45, 7) is 7.09. The Hall–Kier alpha value is -2.49.